The Bertz CT molecular complexity index is 952. The number of carbonyl (C=O) groups is 1. The van der Waals surface area contributed by atoms with Crippen molar-refractivity contribution in [1.82, 2.24) is 29.6 Å². The first-order valence-corrected chi connectivity index (χ1v) is 7.50. The molecule has 10 nitrogen and oxygen atoms in total. The van der Waals surface area contributed by atoms with Gasteiger partial charge < -0.3 is 20.0 Å². The van der Waals surface area contributed by atoms with Crippen LogP contribution in [0.3, 0.4) is 0 Å². The smallest absolute Gasteiger partial charge is 0.390 e. The summed E-state index contributed by atoms with van der Waals surface area (Å²) >= 11 is 0. The second kappa shape index (κ2) is 7.09. The second-order valence-electron chi connectivity index (χ2n) is 5.42. The van der Waals surface area contributed by atoms with Gasteiger partial charge in [-0.15, -0.1) is 0 Å². The molecule has 1 amide bonds. The molecule has 0 aliphatic rings. The Morgan fingerprint density at radius 3 is 2.77 bits per heavy atom. The minimum absolute atomic E-state index is 0.250. The van der Waals surface area contributed by atoms with E-state index in [9.17, 15) is 19.3 Å². The van der Waals surface area contributed by atoms with Gasteiger partial charge in [-0.25, -0.2) is 9.37 Å². The van der Waals surface area contributed by atoms with Gasteiger partial charge in [0.1, 0.15) is 24.2 Å². The summed E-state index contributed by atoms with van der Waals surface area (Å²) in [6, 6.07) is 5.21. The zero-order valence-electron chi connectivity index (χ0n) is 13.6. The monoisotopic (exact) mass is 359 g/mol. The first-order chi connectivity index (χ1) is 12.5. The third-order valence-corrected chi connectivity index (χ3v) is 3.63. The van der Waals surface area contributed by atoms with Gasteiger partial charge in [-0.05, 0) is 11.0 Å². The molecule has 3 rings (SSSR count). The zero-order chi connectivity index (χ0) is 18.7. The van der Waals surface area contributed by atoms with Gasteiger partial charge in [0, 0.05) is 30.1 Å². The molecule has 0 saturated heterocycles. The molecule has 0 saturated carbocycles. The summed E-state index contributed by atoms with van der Waals surface area (Å²) in [7, 11) is 1.73. The molecular weight excluding hydrogens is 345 g/mol. The average Bonchev–Trinajstić information content (AvgIpc) is 3.22. The highest BCUT2D eigenvalue weighted by Crippen LogP contribution is 2.23. The van der Waals surface area contributed by atoms with Crippen LogP contribution in [-0.2, 0) is 18.4 Å². The third kappa shape index (κ3) is 3.55. The van der Waals surface area contributed by atoms with Crippen molar-refractivity contribution in [3.63, 3.8) is 0 Å². The van der Waals surface area contributed by atoms with Gasteiger partial charge in [-0.3, -0.25) is 4.79 Å². The zero-order valence-corrected chi connectivity index (χ0v) is 13.6. The Hall–Kier alpha value is -3.63. The first-order valence-electron chi connectivity index (χ1n) is 7.50. The number of nitro groups is 1. The highest BCUT2D eigenvalue weighted by Gasteiger charge is 2.24. The summed E-state index contributed by atoms with van der Waals surface area (Å²) in [5.41, 5.74) is 0.250. The van der Waals surface area contributed by atoms with Crippen LogP contribution >= 0.6 is 0 Å². The lowest BCUT2D eigenvalue weighted by atomic mass is 10.1. The second-order valence-corrected chi connectivity index (χ2v) is 5.42. The quantitative estimate of drug-likeness (QED) is 0.517. The fourth-order valence-electron chi connectivity index (χ4n) is 2.44. The summed E-state index contributed by atoms with van der Waals surface area (Å²) in [5.74, 6) is -1.18. The molecule has 2 heterocycles. The molecule has 0 aliphatic carbocycles. The number of imidazole rings is 1. The Morgan fingerprint density at radius 2 is 2.15 bits per heavy atom. The number of aromatic nitrogens is 5. The molecule has 2 aromatic heterocycles. The van der Waals surface area contributed by atoms with Crippen molar-refractivity contribution in [2.24, 2.45) is 7.05 Å². The van der Waals surface area contributed by atoms with E-state index >= 15 is 0 Å². The van der Waals surface area contributed by atoms with Gasteiger partial charge in [0.05, 0.1) is 0 Å². The van der Waals surface area contributed by atoms with Gasteiger partial charge in [-0.2, -0.15) is 4.68 Å². The molecule has 0 fully saturated rings. The van der Waals surface area contributed by atoms with E-state index in [1.165, 1.54) is 12.3 Å². The van der Waals surface area contributed by atoms with E-state index in [1.807, 2.05) is 0 Å². The molecule has 3 aromatic rings. The van der Waals surface area contributed by atoms with Crippen LogP contribution in [0.1, 0.15) is 17.4 Å². The lowest BCUT2D eigenvalue weighted by Crippen LogP contribution is -2.34. The van der Waals surface area contributed by atoms with Gasteiger partial charge in [0.15, 0.2) is 0 Å². The standard InChI is InChI=1S/C15H14FN7O3/c1-21-7-6-17-14(21)13(10-4-2-3-5-11(10)16)19-12(24)8-22-9-18-15(20-22)23(25)26/h2-7,9,13H,8H2,1H3,(H,19,24)/t13-/m0/s1. The van der Waals surface area contributed by atoms with Crippen molar-refractivity contribution in [2.45, 2.75) is 12.6 Å². The highest BCUT2D eigenvalue weighted by molar-refractivity contribution is 5.76. The minimum Gasteiger partial charge on any atom is -0.390 e. The van der Waals surface area contributed by atoms with Crippen LogP contribution in [-0.4, -0.2) is 35.1 Å². The topological polar surface area (TPSA) is 121 Å². The van der Waals surface area contributed by atoms with Gasteiger partial charge >= 0.3 is 5.95 Å². The first kappa shape index (κ1) is 17.2. The number of halogens is 1. The van der Waals surface area contributed by atoms with Crippen molar-refractivity contribution in [3.8, 4) is 0 Å². The number of hydrogen-bond donors (Lipinski definition) is 1. The molecule has 134 valence electrons. The number of rotatable bonds is 6. The van der Waals surface area contributed by atoms with Crippen molar-refractivity contribution in [2.75, 3.05) is 0 Å². The molecule has 0 spiro atoms. The largest absolute Gasteiger partial charge is 0.490 e. The van der Waals surface area contributed by atoms with Crippen LogP contribution in [0.2, 0.25) is 0 Å². The van der Waals surface area contributed by atoms with Crippen LogP contribution in [0.15, 0.2) is 43.0 Å². The number of amides is 1. The fourth-order valence-corrected chi connectivity index (χ4v) is 2.44. The molecule has 0 bridgehead atoms. The van der Waals surface area contributed by atoms with E-state index in [1.54, 1.807) is 36.0 Å². The van der Waals surface area contributed by atoms with E-state index in [0.717, 1.165) is 11.0 Å². The predicted octanol–water partition coefficient (Wildman–Crippen LogP) is 0.965. The molecule has 0 aliphatic heterocycles. The van der Waals surface area contributed by atoms with E-state index < -0.39 is 28.6 Å². The average molecular weight is 359 g/mol. The Labute approximate surface area is 146 Å². The Balaban J connectivity index is 1.84. The predicted molar refractivity (Wildman–Crippen MR) is 86.3 cm³/mol. The molecule has 0 unspecified atom stereocenters. The molecular formula is C15H14FN7O3. The number of hydrogen-bond acceptors (Lipinski definition) is 6. The van der Waals surface area contributed by atoms with Gasteiger partial charge in [0.25, 0.3) is 0 Å². The number of nitrogens with one attached hydrogen (secondary N) is 1. The van der Waals surface area contributed by atoms with Crippen molar-refractivity contribution >= 4 is 11.9 Å². The normalized spacial score (nSPS) is 11.9. The summed E-state index contributed by atoms with van der Waals surface area (Å²) in [6.07, 6.45) is 4.29. The fraction of sp³-hybridized carbons (Fsp3) is 0.200. The Kier molecular flexibility index (Phi) is 4.69. The lowest BCUT2D eigenvalue weighted by Gasteiger charge is -2.19. The highest BCUT2D eigenvalue weighted by atomic mass is 19.1. The number of nitrogens with zero attached hydrogens (tertiary/aromatic N) is 6. The maximum absolute atomic E-state index is 14.2. The van der Waals surface area contributed by atoms with Crippen molar-refractivity contribution in [3.05, 3.63) is 70.3 Å². The number of aryl methyl sites for hydroxylation is 1. The van der Waals surface area contributed by atoms with E-state index in [4.69, 9.17) is 0 Å². The van der Waals surface area contributed by atoms with Gasteiger partial charge in [0.2, 0.25) is 12.2 Å². The van der Waals surface area contributed by atoms with Crippen LogP contribution in [0.4, 0.5) is 10.3 Å². The summed E-state index contributed by atoms with van der Waals surface area (Å²) in [5, 5.41) is 16.9. The molecule has 1 aromatic carbocycles. The van der Waals surface area contributed by atoms with Crippen LogP contribution in [0.5, 0.6) is 0 Å². The van der Waals surface area contributed by atoms with Crippen LogP contribution in [0.25, 0.3) is 0 Å². The summed E-state index contributed by atoms with van der Waals surface area (Å²) in [6.45, 7) is -0.309. The van der Waals surface area contributed by atoms with Crippen LogP contribution < -0.4 is 5.32 Å². The molecule has 1 N–H and O–H groups in total. The van der Waals surface area contributed by atoms with Crippen molar-refractivity contribution in [1.29, 1.82) is 0 Å². The lowest BCUT2D eigenvalue weighted by molar-refractivity contribution is -0.394. The van der Waals surface area contributed by atoms with E-state index in [0.29, 0.717) is 5.82 Å². The Morgan fingerprint density at radius 1 is 1.38 bits per heavy atom. The third-order valence-electron chi connectivity index (χ3n) is 3.63. The number of carbonyl (C=O) groups excluding carboxylic acids is 1. The minimum atomic E-state index is -0.831. The molecule has 0 radical (unpaired) electrons. The molecule has 11 heteroatoms. The summed E-state index contributed by atoms with van der Waals surface area (Å²) in [4.78, 5) is 29.9. The SMILES string of the molecule is Cn1ccnc1[C@@H](NC(=O)Cn1cnc([N+](=O)[O-])n1)c1ccccc1F. The van der Waals surface area contributed by atoms with E-state index in [-0.39, 0.29) is 12.1 Å². The van der Waals surface area contributed by atoms with Gasteiger partial charge in [-0.1, -0.05) is 23.2 Å². The number of benzene rings is 1. The molecule has 1 atom stereocenters. The summed E-state index contributed by atoms with van der Waals surface area (Å²) < 4.78 is 16.9. The maximum Gasteiger partial charge on any atom is 0.490 e. The maximum atomic E-state index is 14.2. The van der Waals surface area contributed by atoms with Crippen molar-refractivity contribution < 1.29 is 14.1 Å². The van der Waals surface area contributed by atoms with E-state index in [2.05, 4.69) is 20.4 Å². The molecule has 26 heavy (non-hydrogen) atoms. The van der Waals surface area contributed by atoms with Crippen LogP contribution in [0, 0.1) is 15.9 Å².